The molecule has 0 atom stereocenters. The maximum Gasteiger partial charge on any atom is 0.335 e. The first kappa shape index (κ1) is 21.1. The molecule has 0 fully saturated rings. The van der Waals surface area contributed by atoms with Crippen LogP contribution in [0.5, 0.6) is 0 Å². The molecule has 140 valence electrons. The fraction of sp³-hybridized carbons (Fsp3) is 0.571. The van der Waals surface area contributed by atoms with Crippen LogP contribution in [-0.2, 0) is 0 Å². The Hall–Kier alpha value is -1.97. The number of unbranched alkanes of at least 4 members (excludes halogenated alkanes) is 7. The van der Waals surface area contributed by atoms with Gasteiger partial charge in [-0.25, -0.2) is 4.79 Å². The van der Waals surface area contributed by atoms with E-state index in [0.29, 0.717) is 5.56 Å². The Balaban J connectivity index is 0.000000293. The average molecular weight is 347 g/mol. The zero-order valence-corrected chi connectivity index (χ0v) is 15.9. The second-order valence-corrected chi connectivity index (χ2v) is 6.65. The molecule has 1 aromatic rings. The van der Waals surface area contributed by atoms with Crippen molar-refractivity contribution in [3.63, 3.8) is 0 Å². The summed E-state index contributed by atoms with van der Waals surface area (Å²) in [7, 11) is 2.13. The number of nitrogens with zero attached hydrogens (tertiary/aromatic N) is 2. The first-order chi connectivity index (χ1) is 12.1. The second kappa shape index (κ2) is 13.3. The van der Waals surface area contributed by atoms with Crippen LogP contribution in [0.15, 0.2) is 42.7 Å². The van der Waals surface area contributed by atoms with Crippen LogP contribution in [0.25, 0.3) is 0 Å². The van der Waals surface area contributed by atoms with Crippen LogP contribution in [0.4, 0.5) is 0 Å². The van der Waals surface area contributed by atoms with Crippen molar-refractivity contribution in [2.75, 3.05) is 20.3 Å². The minimum Gasteiger partial charge on any atom is -0.478 e. The highest BCUT2D eigenvalue weighted by Gasteiger charge is 2.06. The lowest BCUT2D eigenvalue weighted by molar-refractivity contribution is 0.0697. The Labute approximate surface area is 153 Å². The summed E-state index contributed by atoms with van der Waals surface area (Å²) < 4.78 is 0. The van der Waals surface area contributed by atoms with Gasteiger partial charge in [0.2, 0.25) is 0 Å². The van der Waals surface area contributed by atoms with E-state index in [-0.39, 0.29) is 0 Å². The van der Waals surface area contributed by atoms with Crippen molar-refractivity contribution < 1.29 is 9.90 Å². The number of rotatable bonds is 10. The predicted molar refractivity (Wildman–Crippen MR) is 104 cm³/mol. The van der Waals surface area contributed by atoms with Crippen molar-refractivity contribution in [2.24, 2.45) is 0 Å². The van der Waals surface area contributed by atoms with Crippen molar-refractivity contribution in [1.82, 2.24) is 9.80 Å². The third kappa shape index (κ3) is 10.5. The van der Waals surface area contributed by atoms with E-state index in [1.165, 1.54) is 57.9 Å². The van der Waals surface area contributed by atoms with Crippen LogP contribution < -0.4 is 0 Å². The van der Waals surface area contributed by atoms with E-state index in [0.717, 1.165) is 6.67 Å². The number of carboxylic acid groups (broad SMARTS) is 1. The van der Waals surface area contributed by atoms with Gasteiger partial charge in [-0.3, -0.25) is 0 Å². The van der Waals surface area contributed by atoms with Gasteiger partial charge in [0.15, 0.2) is 0 Å². The number of carboxylic acids is 1. The Morgan fingerprint density at radius 2 is 1.56 bits per heavy atom. The maximum absolute atomic E-state index is 10.2. The summed E-state index contributed by atoms with van der Waals surface area (Å²) in [6.45, 7) is 4.59. The van der Waals surface area contributed by atoms with Gasteiger partial charge >= 0.3 is 5.97 Å². The molecule has 1 aromatic carbocycles. The Morgan fingerprint density at radius 1 is 0.960 bits per heavy atom. The summed E-state index contributed by atoms with van der Waals surface area (Å²) in [6.07, 6.45) is 15.7. The topological polar surface area (TPSA) is 43.8 Å². The summed E-state index contributed by atoms with van der Waals surface area (Å²) in [5, 5.41) is 8.38. The van der Waals surface area contributed by atoms with Gasteiger partial charge in [-0.05, 0) is 18.6 Å². The molecule has 0 spiro atoms. The SMILES string of the molecule is CCCCCCCCCCN1C=CN(C)C1.O=C(O)c1ccccc1. The molecule has 0 unspecified atom stereocenters. The maximum atomic E-state index is 10.2. The highest BCUT2D eigenvalue weighted by atomic mass is 16.4. The van der Waals surface area contributed by atoms with E-state index in [4.69, 9.17) is 5.11 Å². The molecule has 4 nitrogen and oxygen atoms in total. The highest BCUT2D eigenvalue weighted by Crippen LogP contribution is 2.10. The quantitative estimate of drug-likeness (QED) is 0.592. The molecule has 0 aliphatic carbocycles. The van der Waals surface area contributed by atoms with Crippen LogP contribution in [-0.4, -0.2) is 41.1 Å². The smallest absolute Gasteiger partial charge is 0.335 e. The molecule has 0 amide bonds. The van der Waals surface area contributed by atoms with Gasteiger partial charge in [-0.1, -0.05) is 70.1 Å². The van der Waals surface area contributed by atoms with E-state index in [1.54, 1.807) is 30.3 Å². The molecule has 0 aromatic heterocycles. The summed E-state index contributed by atoms with van der Waals surface area (Å²) in [5.74, 6) is -0.879. The van der Waals surface area contributed by atoms with Crippen molar-refractivity contribution >= 4 is 5.97 Å². The highest BCUT2D eigenvalue weighted by molar-refractivity contribution is 5.87. The minimum absolute atomic E-state index is 0.331. The molecule has 0 bridgehead atoms. The fourth-order valence-electron chi connectivity index (χ4n) is 2.76. The van der Waals surface area contributed by atoms with E-state index in [2.05, 4.69) is 36.2 Å². The lowest BCUT2D eigenvalue weighted by Crippen LogP contribution is -2.23. The van der Waals surface area contributed by atoms with Crippen molar-refractivity contribution in [3.8, 4) is 0 Å². The molecule has 1 aliphatic rings. The zero-order valence-electron chi connectivity index (χ0n) is 15.9. The van der Waals surface area contributed by atoms with Crippen LogP contribution in [0, 0.1) is 0 Å². The monoisotopic (exact) mass is 346 g/mol. The van der Waals surface area contributed by atoms with Gasteiger partial charge in [0.25, 0.3) is 0 Å². The Kier molecular flexibility index (Phi) is 11.2. The average Bonchev–Trinajstić information content (AvgIpc) is 3.04. The lowest BCUT2D eigenvalue weighted by Gasteiger charge is -2.17. The summed E-state index contributed by atoms with van der Waals surface area (Å²) in [5.41, 5.74) is 0.331. The summed E-state index contributed by atoms with van der Waals surface area (Å²) >= 11 is 0. The van der Waals surface area contributed by atoms with Gasteiger partial charge in [-0.15, -0.1) is 0 Å². The number of hydrogen-bond donors (Lipinski definition) is 1. The molecule has 25 heavy (non-hydrogen) atoms. The summed E-state index contributed by atoms with van der Waals surface area (Å²) in [6, 6.07) is 8.30. The second-order valence-electron chi connectivity index (χ2n) is 6.65. The molecule has 4 heteroatoms. The Bertz CT molecular complexity index is 488. The normalized spacial score (nSPS) is 12.9. The van der Waals surface area contributed by atoms with E-state index in [1.807, 2.05) is 0 Å². The van der Waals surface area contributed by atoms with Gasteiger partial charge in [0.05, 0.1) is 12.2 Å². The van der Waals surface area contributed by atoms with E-state index in [9.17, 15) is 4.79 Å². The van der Waals surface area contributed by atoms with E-state index >= 15 is 0 Å². The van der Waals surface area contributed by atoms with Gasteiger partial charge in [0, 0.05) is 26.0 Å². The fourth-order valence-corrected chi connectivity index (χ4v) is 2.76. The van der Waals surface area contributed by atoms with Crippen LogP contribution >= 0.6 is 0 Å². The predicted octanol–water partition coefficient (Wildman–Crippen LogP) is 5.19. The first-order valence-electron chi connectivity index (χ1n) is 9.54. The third-order valence-electron chi connectivity index (χ3n) is 4.26. The molecular weight excluding hydrogens is 312 g/mol. The van der Waals surface area contributed by atoms with Crippen LogP contribution in [0.2, 0.25) is 0 Å². The third-order valence-corrected chi connectivity index (χ3v) is 4.26. The van der Waals surface area contributed by atoms with Gasteiger partial charge < -0.3 is 14.9 Å². The standard InChI is InChI=1S/C14H28N2.C7H6O2/c1-3-4-5-6-7-8-9-10-11-16-13-12-15(2)14-16;8-7(9)6-4-2-1-3-5-6/h12-13H,3-11,14H2,1-2H3;1-5H,(H,8,9). The number of carbonyl (C=O) groups is 1. The minimum atomic E-state index is -0.879. The van der Waals surface area contributed by atoms with Crippen molar-refractivity contribution in [1.29, 1.82) is 0 Å². The molecule has 1 heterocycles. The molecule has 1 N–H and O–H groups in total. The summed E-state index contributed by atoms with van der Waals surface area (Å²) in [4.78, 5) is 14.8. The van der Waals surface area contributed by atoms with Crippen LogP contribution in [0.1, 0.15) is 68.6 Å². The molecule has 0 radical (unpaired) electrons. The van der Waals surface area contributed by atoms with Crippen LogP contribution in [0.3, 0.4) is 0 Å². The lowest BCUT2D eigenvalue weighted by atomic mass is 10.1. The Morgan fingerprint density at radius 3 is 2.04 bits per heavy atom. The number of benzene rings is 1. The molecular formula is C21H34N2O2. The molecule has 0 saturated carbocycles. The number of hydrogen-bond acceptors (Lipinski definition) is 3. The van der Waals surface area contributed by atoms with Gasteiger partial charge in [-0.2, -0.15) is 0 Å². The van der Waals surface area contributed by atoms with Crippen molar-refractivity contribution in [2.45, 2.75) is 58.3 Å². The van der Waals surface area contributed by atoms with E-state index < -0.39 is 5.97 Å². The zero-order chi connectivity index (χ0) is 18.3. The molecule has 0 saturated heterocycles. The largest absolute Gasteiger partial charge is 0.478 e. The van der Waals surface area contributed by atoms with Gasteiger partial charge in [0.1, 0.15) is 0 Å². The van der Waals surface area contributed by atoms with Crippen molar-refractivity contribution in [3.05, 3.63) is 48.3 Å². The molecule has 1 aliphatic heterocycles. The molecule has 2 rings (SSSR count). The first-order valence-corrected chi connectivity index (χ1v) is 9.54. The number of aromatic carboxylic acids is 1.